The Balaban J connectivity index is 1.41. The van der Waals surface area contributed by atoms with Crippen molar-refractivity contribution in [1.82, 2.24) is 25.1 Å². The molecule has 0 aliphatic heterocycles. The highest BCUT2D eigenvalue weighted by molar-refractivity contribution is 5.80. The lowest BCUT2D eigenvalue weighted by Crippen LogP contribution is -2.41. The van der Waals surface area contributed by atoms with Crippen molar-refractivity contribution < 1.29 is 4.79 Å². The van der Waals surface area contributed by atoms with E-state index in [2.05, 4.69) is 43.3 Å². The van der Waals surface area contributed by atoms with Crippen LogP contribution in [0.25, 0.3) is 0 Å². The number of nitrogens with zero attached hydrogens (tertiary/aromatic N) is 3. The number of aromatic amines is 1. The molecule has 1 aromatic carbocycles. The van der Waals surface area contributed by atoms with Gasteiger partial charge in [-0.25, -0.2) is 10.1 Å². The van der Waals surface area contributed by atoms with E-state index < -0.39 is 0 Å². The predicted octanol–water partition coefficient (Wildman–Crippen LogP) is 2.12. The minimum absolute atomic E-state index is 0.0442. The highest BCUT2D eigenvalue weighted by atomic mass is 16.2. The number of amides is 1. The van der Waals surface area contributed by atoms with Gasteiger partial charge >= 0.3 is 0 Å². The van der Waals surface area contributed by atoms with Crippen molar-refractivity contribution in [2.24, 2.45) is 5.92 Å². The maximum Gasteiger partial charge on any atom is 0.264 e. The molecule has 0 radical (unpaired) electrons. The molecule has 3 aromatic rings. The number of aryl methyl sites for hydroxylation is 2. The fourth-order valence-electron chi connectivity index (χ4n) is 4.74. The van der Waals surface area contributed by atoms with Gasteiger partial charge < -0.3 is 9.88 Å². The van der Waals surface area contributed by atoms with Crippen LogP contribution < -0.4 is 10.9 Å². The van der Waals surface area contributed by atoms with Crippen LogP contribution in [0, 0.1) is 5.92 Å². The summed E-state index contributed by atoms with van der Waals surface area (Å²) in [4.78, 5) is 29.1. The molecular formula is C22H23N5O2. The SMILES string of the molecule is O=C(NC1c2ccccc2CCC1n1ccnc1)C1CCc2n[nH]c(=O)cc2C1. The lowest BCUT2D eigenvalue weighted by Gasteiger charge is -2.36. The number of fused-ring (bicyclic) bond motifs is 2. The third-order valence-electron chi connectivity index (χ3n) is 6.23. The second-order valence-electron chi connectivity index (χ2n) is 7.94. The Morgan fingerprint density at radius 2 is 2.07 bits per heavy atom. The number of carbonyl (C=O) groups is 1. The van der Waals surface area contributed by atoms with Gasteiger partial charge in [0.15, 0.2) is 0 Å². The first kappa shape index (κ1) is 17.8. The lowest BCUT2D eigenvalue weighted by atomic mass is 9.82. The smallest absolute Gasteiger partial charge is 0.264 e. The average molecular weight is 389 g/mol. The van der Waals surface area contributed by atoms with E-state index in [-0.39, 0.29) is 29.5 Å². The molecule has 3 unspecified atom stereocenters. The molecule has 0 bridgehead atoms. The van der Waals surface area contributed by atoms with Gasteiger partial charge in [-0.05, 0) is 48.8 Å². The molecule has 148 valence electrons. The first-order valence-electron chi connectivity index (χ1n) is 10.1. The van der Waals surface area contributed by atoms with Crippen molar-refractivity contribution in [3.63, 3.8) is 0 Å². The molecule has 3 atom stereocenters. The Bertz CT molecular complexity index is 1090. The fourth-order valence-corrected chi connectivity index (χ4v) is 4.74. The standard InChI is InChI=1S/C22H23N5O2/c28-20-12-16-11-15(5-7-18(16)25-26-20)22(29)24-21-17-4-2-1-3-14(17)6-8-19(21)27-10-9-23-13-27/h1-4,9-10,12-13,15,19,21H,5-8,11H2,(H,24,29)(H,26,28). The molecular weight excluding hydrogens is 366 g/mol. The van der Waals surface area contributed by atoms with Crippen molar-refractivity contribution in [2.45, 2.75) is 44.2 Å². The monoisotopic (exact) mass is 389 g/mol. The second kappa shape index (κ2) is 7.31. The van der Waals surface area contributed by atoms with Crippen LogP contribution in [-0.2, 0) is 24.1 Å². The predicted molar refractivity (Wildman–Crippen MR) is 107 cm³/mol. The lowest BCUT2D eigenvalue weighted by molar-refractivity contribution is -0.126. The number of aromatic nitrogens is 4. The van der Waals surface area contributed by atoms with Gasteiger partial charge in [-0.15, -0.1) is 0 Å². The van der Waals surface area contributed by atoms with Crippen molar-refractivity contribution in [1.29, 1.82) is 0 Å². The van der Waals surface area contributed by atoms with Crippen LogP contribution in [0.2, 0.25) is 0 Å². The summed E-state index contributed by atoms with van der Waals surface area (Å²) < 4.78 is 2.10. The van der Waals surface area contributed by atoms with Gasteiger partial charge in [-0.3, -0.25) is 9.59 Å². The third kappa shape index (κ3) is 3.37. The summed E-state index contributed by atoms with van der Waals surface area (Å²) in [5.74, 6) is -0.105. The van der Waals surface area contributed by atoms with Crippen LogP contribution in [0.5, 0.6) is 0 Å². The minimum atomic E-state index is -0.216. The Labute approximate surface area is 168 Å². The molecule has 0 fully saturated rings. The summed E-state index contributed by atoms with van der Waals surface area (Å²) >= 11 is 0. The number of hydrogen-bond acceptors (Lipinski definition) is 4. The molecule has 5 rings (SSSR count). The molecule has 0 saturated carbocycles. The van der Waals surface area contributed by atoms with Crippen molar-refractivity contribution in [3.05, 3.63) is 81.8 Å². The average Bonchev–Trinajstić information content (AvgIpc) is 3.28. The van der Waals surface area contributed by atoms with Crippen molar-refractivity contribution in [3.8, 4) is 0 Å². The van der Waals surface area contributed by atoms with E-state index in [0.717, 1.165) is 30.5 Å². The summed E-state index contributed by atoms with van der Waals surface area (Å²) in [6.07, 6.45) is 9.50. The number of carbonyl (C=O) groups excluding carboxylic acids is 1. The van der Waals surface area contributed by atoms with E-state index >= 15 is 0 Å². The van der Waals surface area contributed by atoms with Gasteiger partial charge in [-0.2, -0.15) is 5.10 Å². The number of benzene rings is 1. The number of rotatable bonds is 3. The molecule has 29 heavy (non-hydrogen) atoms. The highest BCUT2D eigenvalue weighted by Crippen LogP contribution is 2.38. The van der Waals surface area contributed by atoms with E-state index in [0.29, 0.717) is 12.8 Å². The Hall–Kier alpha value is -3.22. The minimum Gasteiger partial charge on any atom is -0.347 e. The number of hydrogen-bond donors (Lipinski definition) is 2. The summed E-state index contributed by atoms with van der Waals surface area (Å²) in [5, 5.41) is 9.95. The summed E-state index contributed by atoms with van der Waals surface area (Å²) in [6.45, 7) is 0. The number of H-pyrrole nitrogens is 1. The first-order chi connectivity index (χ1) is 14.2. The van der Waals surface area contributed by atoms with Crippen LogP contribution in [-0.4, -0.2) is 25.7 Å². The zero-order chi connectivity index (χ0) is 19.8. The molecule has 0 spiro atoms. The molecule has 7 heteroatoms. The van der Waals surface area contributed by atoms with Crippen molar-refractivity contribution in [2.75, 3.05) is 0 Å². The zero-order valence-electron chi connectivity index (χ0n) is 16.0. The summed E-state index contributed by atoms with van der Waals surface area (Å²) in [7, 11) is 0. The molecule has 0 saturated heterocycles. The van der Waals surface area contributed by atoms with Crippen LogP contribution in [0.3, 0.4) is 0 Å². The van der Waals surface area contributed by atoms with E-state index in [1.807, 2.05) is 18.6 Å². The molecule has 2 N–H and O–H groups in total. The van der Waals surface area contributed by atoms with Gasteiger partial charge in [0, 0.05) is 24.4 Å². The summed E-state index contributed by atoms with van der Waals surface area (Å²) in [6, 6.07) is 9.96. The van der Waals surface area contributed by atoms with E-state index in [9.17, 15) is 9.59 Å². The zero-order valence-corrected chi connectivity index (χ0v) is 16.0. The maximum atomic E-state index is 13.2. The van der Waals surface area contributed by atoms with Gasteiger partial charge in [0.05, 0.1) is 24.1 Å². The number of imidazole rings is 1. The van der Waals surface area contributed by atoms with Gasteiger partial charge in [0.2, 0.25) is 5.91 Å². The van der Waals surface area contributed by atoms with Crippen LogP contribution in [0.1, 0.15) is 47.3 Å². The fraction of sp³-hybridized carbons (Fsp3) is 0.364. The molecule has 1 amide bonds. The van der Waals surface area contributed by atoms with E-state index in [4.69, 9.17) is 0 Å². The first-order valence-corrected chi connectivity index (χ1v) is 10.1. The molecule has 2 aliphatic carbocycles. The molecule has 2 aliphatic rings. The van der Waals surface area contributed by atoms with Crippen molar-refractivity contribution >= 4 is 5.91 Å². The quantitative estimate of drug-likeness (QED) is 0.718. The normalized spacial score (nSPS) is 23.1. The molecule has 2 aromatic heterocycles. The summed E-state index contributed by atoms with van der Waals surface area (Å²) in [5.41, 5.74) is 4.04. The van der Waals surface area contributed by atoms with E-state index in [1.54, 1.807) is 12.3 Å². The third-order valence-corrected chi connectivity index (χ3v) is 6.23. The van der Waals surface area contributed by atoms with Gasteiger partial charge in [0.1, 0.15) is 0 Å². The topological polar surface area (TPSA) is 92.7 Å². The van der Waals surface area contributed by atoms with Crippen LogP contribution in [0.15, 0.2) is 53.8 Å². The van der Waals surface area contributed by atoms with Crippen LogP contribution >= 0.6 is 0 Å². The largest absolute Gasteiger partial charge is 0.347 e. The Morgan fingerprint density at radius 3 is 2.93 bits per heavy atom. The molecule has 2 heterocycles. The maximum absolute atomic E-state index is 13.2. The second-order valence-corrected chi connectivity index (χ2v) is 7.94. The van der Waals surface area contributed by atoms with E-state index in [1.165, 1.54) is 11.1 Å². The molecule has 7 nitrogen and oxygen atoms in total. The Morgan fingerprint density at radius 1 is 1.17 bits per heavy atom. The highest BCUT2D eigenvalue weighted by Gasteiger charge is 2.34. The van der Waals surface area contributed by atoms with Gasteiger partial charge in [0.25, 0.3) is 5.56 Å². The number of nitrogens with one attached hydrogen (secondary N) is 2. The van der Waals surface area contributed by atoms with Gasteiger partial charge in [-0.1, -0.05) is 24.3 Å². The van der Waals surface area contributed by atoms with Crippen LogP contribution in [0.4, 0.5) is 0 Å². The Kier molecular flexibility index (Phi) is 4.50.